The summed E-state index contributed by atoms with van der Waals surface area (Å²) in [7, 11) is 0. The SMILES string of the molecule is C=CCCCOC(=O)[C@H]1[C@@H]2SC3(CC2Br)C(C(=O)N(CC=C)c2ccc(N(CC)CC)cc2)N([C@@H](CO)Cc2ccccc2)C(=O)[C@H]13. The highest BCUT2D eigenvalue weighted by Gasteiger charge is 2.76. The number of hydrogen-bond acceptors (Lipinski definition) is 7. The second-order valence-electron chi connectivity index (χ2n) is 12.5. The van der Waals surface area contributed by atoms with Crippen LogP contribution in [0.4, 0.5) is 11.4 Å². The van der Waals surface area contributed by atoms with Crippen LogP contribution in [0.5, 0.6) is 0 Å². The second kappa shape index (κ2) is 15.4. The molecule has 47 heavy (non-hydrogen) atoms. The number of esters is 1. The molecule has 7 atom stereocenters. The molecule has 5 rings (SSSR count). The van der Waals surface area contributed by atoms with E-state index in [9.17, 15) is 14.7 Å². The zero-order chi connectivity index (χ0) is 33.7. The number of ether oxygens (including phenoxy) is 1. The van der Waals surface area contributed by atoms with Gasteiger partial charge in [-0.2, -0.15) is 0 Å². The Kier molecular flexibility index (Phi) is 11.6. The molecule has 0 saturated carbocycles. The Labute approximate surface area is 291 Å². The quantitative estimate of drug-likeness (QED) is 0.104. The van der Waals surface area contributed by atoms with E-state index in [-0.39, 0.29) is 41.6 Å². The van der Waals surface area contributed by atoms with E-state index in [0.29, 0.717) is 24.9 Å². The van der Waals surface area contributed by atoms with Crippen LogP contribution in [0.25, 0.3) is 0 Å². The van der Waals surface area contributed by atoms with Gasteiger partial charge >= 0.3 is 5.97 Å². The summed E-state index contributed by atoms with van der Waals surface area (Å²) in [4.78, 5) is 49.0. The molecule has 1 spiro atoms. The van der Waals surface area contributed by atoms with E-state index >= 15 is 4.79 Å². The Balaban J connectivity index is 1.56. The minimum absolute atomic E-state index is 0.0829. The molecule has 0 aliphatic carbocycles. The summed E-state index contributed by atoms with van der Waals surface area (Å²) in [6.45, 7) is 13.8. The average molecular weight is 725 g/mol. The summed E-state index contributed by atoms with van der Waals surface area (Å²) in [5.41, 5.74) is 2.71. The second-order valence-corrected chi connectivity index (χ2v) is 15.2. The van der Waals surface area contributed by atoms with Gasteiger partial charge in [0.25, 0.3) is 5.91 Å². The molecule has 0 aromatic heterocycles. The normalized spacial score (nSPS) is 26.5. The molecule has 2 aromatic rings. The first-order valence-electron chi connectivity index (χ1n) is 16.6. The van der Waals surface area contributed by atoms with Gasteiger partial charge in [0, 0.05) is 41.1 Å². The molecule has 3 aliphatic rings. The molecule has 2 bridgehead atoms. The number of allylic oxidation sites excluding steroid dienone is 1. The van der Waals surface area contributed by atoms with Crippen LogP contribution >= 0.6 is 27.7 Å². The van der Waals surface area contributed by atoms with Crippen LogP contribution in [0, 0.1) is 11.8 Å². The Morgan fingerprint density at radius 1 is 1.11 bits per heavy atom. The van der Waals surface area contributed by atoms with Gasteiger partial charge in [0.2, 0.25) is 5.91 Å². The van der Waals surface area contributed by atoms with Crippen LogP contribution in [0.1, 0.15) is 38.7 Å². The maximum Gasteiger partial charge on any atom is 0.310 e. The highest BCUT2D eigenvalue weighted by Crippen LogP contribution is 2.68. The molecule has 3 unspecified atom stereocenters. The molecule has 10 heteroatoms. The molecule has 3 heterocycles. The average Bonchev–Trinajstić information content (AvgIpc) is 3.68. The Hall–Kier alpha value is -3.08. The lowest BCUT2D eigenvalue weighted by atomic mass is 9.71. The van der Waals surface area contributed by atoms with Crippen molar-refractivity contribution in [2.24, 2.45) is 11.8 Å². The highest BCUT2D eigenvalue weighted by molar-refractivity contribution is 9.09. The third-order valence-electron chi connectivity index (χ3n) is 9.82. The van der Waals surface area contributed by atoms with E-state index in [0.717, 1.165) is 30.8 Å². The van der Waals surface area contributed by atoms with Crippen molar-refractivity contribution in [3.63, 3.8) is 0 Å². The van der Waals surface area contributed by atoms with E-state index in [1.165, 1.54) is 0 Å². The van der Waals surface area contributed by atoms with Crippen molar-refractivity contribution in [2.45, 2.75) is 66.4 Å². The fourth-order valence-corrected chi connectivity index (χ4v) is 11.3. The topological polar surface area (TPSA) is 90.4 Å². The minimum atomic E-state index is -0.906. The molecular formula is C37H46BrN3O5S. The van der Waals surface area contributed by atoms with Gasteiger partial charge in [0.15, 0.2) is 0 Å². The van der Waals surface area contributed by atoms with Gasteiger partial charge < -0.3 is 24.5 Å². The van der Waals surface area contributed by atoms with Crippen molar-refractivity contribution in [2.75, 3.05) is 42.6 Å². The molecule has 1 N–H and O–H groups in total. The minimum Gasteiger partial charge on any atom is -0.465 e. The third kappa shape index (κ3) is 6.65. The Morgan fingerprint density at radius 3 is 2.40 bits per heavy atom. The number of nitrogens with zero attached hydrogens (tertiary/aromatic N) is 3. The maximum atomic E-state index is 15.1. The van der Waals surface area contributed by atoms with Crippen molar-refractivity contribution in [3.05, 3.63) is 85.5 Å². The largest absolute Gasteiger partial charge is 0.465 e. The number of likely N-dealkylation sites (tertiary alicyclic amines) is 1. The lowest BCUT2D eigenvalue weighted by Crippen LogP contribution is -2.58. The number of carbonyl (C=O) groups excluding carboxylic acids is 3. The van der Waals surface area contributed by atoms with Gasteiger partial charge in [-0.1, -0.05) is 58.4 Å². The lowest BCUT2D eigenvalue weighted by molar-refractivity contribution is -0.154. The number of amides is 2. The van der Waals surface area contributed by atoms with Gasteiger partial charge in [-0.05, 0) is 69.4 Å². The predicted octanol–water partition coefficient (Wildman–Crippen LogP) is 5.63. The van der Waals surface area contributed by atoms with E-state index in [1.807, 2.05) is 54.6 Å². The first-order valence-corrected chi connectivity index (χ1v) is 18.4. The van der Waals surface area contributed by atoms with E-state index in [2.05, 4.69) is 47.8 Å². The van der Waals surface area contributed by atoms with Gasteiger partial charge in [-0.3, -0.25) is 14.4 Å². The maximum absolute atomic E-state index is 15.1. The number of anilines is 2. The number of benzene rings is 2. The smallest absolute Gasteiger partial charge is 0.310 e. The van der Waals surface area contributed by atoms with Crippen molar-refractivity contribution in [1.29, 1.82) is 0 Å². The standard InChI is InChI=1S/C37H46BrN3O5S/c1-5-9-13-21-46-36(45)30-31-34(43)41(28(24-42)22-25-14-11-10-12-15-25)33(37(31)23-29(38)32(30)47-37)35(44)40(20-6-2)27-18-16-26(17-19-27)39(7-3)8-4/h5-6,10-12,14-19,28-33,42H,1-2,7-9,13,20-24H2,3-4H3/t28-,29?,30-,31+,32-,33?,37?/m1/s1. The van der Waals surface area contributed by atoms with E-state index in [4.69, 9.17) is 4.74 Å². The lowest BCUT2D eigenvalue weighted by Gasteiger charge is -2.40. The molecular weight excluding hydrogens is 678 g/mol. The van der Waals surface area contributed by atoms with Gasteiger partial charge in [0.1, 0.15) is 6.04 Å². The van der Waals surface area contributed by atoms with E-state index in [1.54, 1.807) is 33.7 Å². The molecule has 8 nitrogen and oxygen atoms in total. The number of fused-ring (bicyclic) bond motifs is 1. The molecule has 3 saturated heterocycles. The number of hydrogen-bond donors (Lipinski definition) is 1. The van der Waals surface area contributed by atoms with Crippen LogP contribution in [0.2, 0.25) is 0 Å². The van der Waals surface area contributed by atoms with Crippen LogP contribution in [-0.4, -0.2) is 87.5 Å². The molecule has 252 valence electrons. The zero-order valence-corrected chi connectivity index (χ0v) is 29.7. The number of thioether (sulfide) groups is 1. The summed E-state index contributed by atoms with van der Waals surface area (Å²) in [5, 5.41) is 10.6. The summed E-state index contributed by atoms with van der Waals surface area (Å²) in [6.07, 6.45) is 5.77. The van der Waals surface area contributed by atoms with Crippen molar-refractivity contribution >= 4 is 56.9 Å². The van der Waals surface area contributed by atoms with Crippen LogP contribution < -0.4 is 9.80 Å². The highest BCUT2D eigenvalue weighted by atomic mass is 79.9. The van der Waals surface area contributed by atoms with E-state index < -0.39 is 34.6 Å². The fraction of sp³-hybridized carbons (Fsp3) is 0.486. The first kappa shape index (κ1) is 35.2. The monoisotopic (exact) mass is 723 g/mol. The van der Waals surface area contributed by atoms with Crippen LogP contribution in [-0.2, 0) is 25.5 Å². The predicted molar refractivity (Wildman–Crippen MR) is 193 cm³/mol. The fourth-order valence-electron chi connectivity index (χ4n) is 7.67. The van der Waals surface area contributed by atoms with Gasteiger partial charge in [-0.15, -0.1) is 24.9 Å². The van der Waals surface area contributed by atoms with Crippen LogP contribution in [0.15, 0.2) is 79.9 Å². The number of aliphatic hydroxyl groups is 1. The number of unbranched alkanes of at least 4 members (excludes halogenated alkanes) is 1. The number of carbonyl (C=O) groups is 3. The Bertz CT molecular complexity index is 1440. The number of aliphatic hydroxyl groups excluding tert-OH is 1. The number of rotatable bonds is 16. The molecule has 0 radical (unpaired) electrons. The number of halogens is 1. The summed E-state index contributed by atoms with van der Waals surface area (Å²) in [5.74, 6) is -2.35. The number of alkyl halides is 1. The van der Waals surface area contributed by atoms with Gasteiger partial charge in [-0.25, -0.2) is 0 Å². The summed E-state index contributed by atoms with van der Waals surface area (Å²) in [6, 6.07) is 16.0. The van der Waals surface area contributed by atoms with Crippen LogP contribution in [0.3, 0.4) is 0 Å². The third-order valence-corrected chi connectivity index (χ3v) is 13.0. The molecule has 3 fully saturated rings. The van der Waals surface area contributed by atoms with Crippen molar-refractivity contribution < 1.29 is 24.2 Å². The van der Waals surface area contributed by atoms with Crippen molar-refractivity contribution in [1.82, 2.24) is 4.90 Å². The molecule has 2 amide bonds. The summed E-state index contributed by atoms with van der Waals surface area (Å²) < 4.78 is 4.87. The van der Waals surface area contributed by atoms with Gasteiger partial charge in [0.05, 0.1) is 35.8 Å². The zero-order valence-electron chi connectivity index (χ0n) is 27.3. The Morgan fingerprint density at radius 2 is 1.79 bits per heavy atom. The van der Waals surface area contributed by atoms with Crippen molar-refractivity contribution in [3.8, 4) is 0 Å². The summed E-state index contributed by atoms with van der Waals surface area (Å²) >= 11 is 5.40. The first-order chi connectivity index (χ1) is 22.8. The molecule has 2 aromatic carbocycles. The molecule has 3 aliphatic heterocycles.